The van der Waals surface area contributed by atoms with Gasteiger partial charge in [-0.1, -0.05) is 17.4 Å². The maximum absolute atomic E-state index is 13.6. The van der Waals surface area contributed by atoms with Crippen LogP contribution in [-0.2, 0) is 21.9 Å². The molecule has 1 N–H and O–H groups in total. The minimum absolute atomic E-state index is 0.0697. The first-order valence-corrected chi connectivity index (χ1v) is 13.3. The van der Waals surface area contributed by atoms with Crippen LogP contribution in [0, 0.1) is 6.92 Å². The van der Waals surface area contributed by atoms with E-state index in [9.17, 15) is 18.0 Å². The van der Waals surface area contributed by atoms with Gasteiger partial charge in [0, 0.05) is 12.7 Å². The van der Waals surface area contributed by atoms with Crippen molar-refractivity contribution in [3.63, 3.8) is 0 Å². The number of fused-ring (bicyclic) bond motifs is 2. The zero-order valence-electron chi connectivity index (χ0n) is 19.7. The molecule has 0 spiro atoms. The average Bonchev–Trinajstić information content (AvgIpc) is 3.15. The second-order valence-electron chi connectivity index (χ2n) is 8.39. The number of ether oxygens (including phenoxy) is 2. The van der Waals surface area contributed by atoms with E-state index < -0.39 is 22.0 Å². The van der Waals surface area contributed by atoms with Gasteiger partial charge in [0.2, 0.25) is 0 Å². The monoisotopic (exact) mass is 525 g/mol. The molecule has 3 aromatic carbocycles. The molecule has 4 aromatic rings. The van der Waals surface area contributed by atoms with Gasteiger partial charge in [-0.05, 0) is 67.1 Å². The van der Waals surface area contributed by atoms with Gasteiger partial charge in [0.25, 0.3) is 15.9 Å². The molecule has 1 amide bonds. The smallest absolute Gasteiger partial charge is 0.307 e. The molecule has 0 bridgehead atoms. The van der Waals surface area contributed by atoms with Gasteiger partial charge in [-0.3, -0.25) is 13.9 Å². The third kappa shape index (κ3) is 4.20. The number of methoxy groups -OCH3 is 1. The predicted molar refractivity (Wildman–Crippen MR) is 139 cm³/mol. The minimum Gasteiger partial charge on any atom is -0.497 e. The molecule has 0 saturated carbocycles. The number of amides is 1. The molecule has 1 atom stereocenters. The highest BCUT2D eigenvalue weighted by molar-refractivity contribution is 7.92. The van der Waals surface area contributed by atoms with E-state index in [0.29, 0.717) is 22.9 Å². The Morgan fingerprint density at radius 3 is 2.58 bits per heavy atom. The quantitative estimate of drug-likeness (QED) is 0.427. The SMILES string of the molecule is COc1ccc(S(=O)(=O)N2C[C@H](C(=O)Nc3ccc4c(c3)sc(=O)n4C)Oc3cc(C)ccc32)cc1. The molecule has 1 aliphatic heterocycles. The summed E-state index contributed by atoms with van der Waals surface area (Å²) in [5, 5.41) is 2.80. The Balaban J connectivity index is 1.47. The number of hydrogen-bond acceptors (Lipinski definition) is 7. The van der Waals surface area contributed by atoms with E-state index in [2.05, 4.69) is 5.32 Å². The van der Waals surface area contributed by atoms with Gasteiger partial charge >= 0.3 is 4.87 Å². The van der Waals surface area contributed by atoms with Crippen LogP contribution >= 0.6 is 11.3 Å². The highest BCUT2D eigenvalue weighted by Gasteiger charge is 2.37. The van der Waals surface area contributed by atoms with Crippen LogP contribution in [0.3, 0.4) is 0 Å². The highest BCUT2D eigenvalue weighted by atomic mass is 32.2. The molecule has 5 rings (SSSR count). The van der Waals surface area contributed by atoms with Crippen LogP contribution in [-0.4, -0.2) is 38.7 Å². The Morgan fingerprint density at radius 2 is 1.86 bits per heavy atom. The fourth-order valence-corrected chi connectivity index (χ4v) is 6.43. The number of rotatable bonds is 5. The van der Waals surface area contributed by atoms with Crippen molar-refractivity contribution in [2.45, 2.75) is 17.9 Å². The number of benzene rings is 3. The molecule has 0 saturated heterocycles. The van der Waals surface area contributed by atoms with E-state index in [1.807, 2.05) is 6.92 Å². The molecule has 1 aliphatic rings. The van der Waals surface area contributed by atoms with Crippen molar-refractivity contribution in [1.82, 2.24) is 4.57 Å². The summed E-state index contributed by atoms with van der Waals surface area (Å²) >= 11 is 1.08. The summed E-state index contributed by atoms with van der Waals surface area (Å²) in [7, 11) is -0.811. The van der Waals surface area contributed by atoms with Crippen LogP contribution in [0.4, 0.5) is 11.4 Å². The molecule has 0 fully saturated rings. The van der Waals surface area contributed by atoms with Gasteiger partial charge in [-0.2, -0.15) is 0 Å². The maximum Gasteiger partial charge on any atom is 0.307 e. The average molecular weight is 526 g/mol. The lowest BCUT2D eigenvalue weighted by atomic mass is 10.1. The summed E-state index contributed by atoms with van der Waals surface area (Å²) in [5.74, 6) is 0.333. The molecule has 2 heterocycles. The van der Waals surface area contributed by atoms with Crippen molar-refractivity contribution in [1.29, 1.82) is 0 Å². The van der Waals surface area contributed by atoms with Crippen LogP contribution < -0.4 is 24.0 Å². The zero-order chi connectivity index (χ0) is 25.6. The fourth-order valence-electron chi connectivity index (χ4n) is 4.03. The number of carbonyl (C=O) groups excluding carboxylic acids is 1. The minimum atomic E-state index is -4.00. The molecule has 0 aliphatic carbocycles. The van der Waals surface area contributed by atoms with Crippen LogP contribution in [0.25, 0.3) is 10.2 Å². The predicted octanol–water partition coefficient (Wildman–Crippen LogP) is 3.51. The fraction of sp³-hybridized carbons (Fsp3) is 0.200. The summed E-state index contributed by atoms with van der Waals surface area (Å²) in [6.07, 6.45) is -1.10. The normalized spacial score (nSPS) is 15.3. The second kappa shape index (κ2) is 8.99. The summed E-state index contributed by atoms with van der Waals surface area (Å²) < 4.78 is 41.8. The number of hydrogen-bond donors (Lipinski definition) is 1. The largest absolute Gasteiger partial charge is 0.497 e. The van der Waals surface area contributed by atoms with Crippen molar-refractivity contribution < 1.29 is 22.7 Å². The summed E-state index contributed by atoms with van der Waals surface area (Å²) in [6.45, 7) is 1.65. The Labute approximate surface area is 211 Å². The molecular formula is C25H23N3O6S2. The number of aromatic nitrogens is 1. The zero-order valence-corrected chi connectivity index (χ0v) is 21.4. The van der Waals surface area contributed by atoms with Gasteiger partial charge in [-0.15, -0.1) is 0 Å². The standard InChI is InChI=1S/C25H23N3O6S2/c1-15-4-10-19-21(12-15)34-22(14-28(19)36(31,32)18-8-6-17(33-3)7-9-18)24(29)26-16-5-11-20-23(13-16)35-25(30)27(20)2/h4-13,22H,14H2,1-3H3,(H,26,29)/t22-/m1/s1. The number of aryl methyl sites for hydroxylation is 2. The van der Waals surface area contributed by atoms with E-state index in [-0.39, 0.29) is 16.3 Å². The number of nitrogens with one attached hydrogen (secondary N) is 1. The van der Waals surface area contributed by atoms with Crippen LogP contribution in [0.15, 0.2) is 70.4 Å². The first-order chi connectivity index (χ1) is 17.2. The van der Waals surface area contributed by atoms with E-state index >= 15 is 0 Å². The molecule has 186 valence electrons. The molecular weight excluding hydrogens is 502 g/mol. The topological polar surface area (TPSA) is 107 Å². The number of thiazole rings is 1. The maximum atomic E-state index is 13.6. The van der Waals surface area contributed by atoms with Crippen LogP contribution in [0.1, 0.15) is 5.56 Å². The summed E-state index contributed by atoms with van der Waals surface area (Å²) in [5.41, 5.74) is 2.47. The first kappa shape index (κ1) is 23.9. The van der Waals surface area contributed by atoms with Crippen molar-refractivity contribution in [3.05, 3.63) is 75.9 Å². The lowest BCUT2D eigenvalue weighted by Crippen LogP contribution is -2.48. The molecule has 1 aromatic heterocycles. The van der Waals surface area contributed by atoms with E-state index in [1.54, 1.807) is 55.6 Å². The number of nitrogens with zero attached hydrogens (tertiary/aromatic N) is 2. The number of sulfonamides is 1. The Hall–Kier alpha value is -3.83. The van der Waals surface area contributed by atoms with Crippen molar-refractivity contribution in [3.8, 4) is 11.5 Å². The Bertz CT molecular complexity index is 1640. The lowest BCUT2D eigenvalue weighted by molar-refractivity contribution is -0.122. The Kier molecular flexibility index (Phi) is 5.97. The van der Waals surface area contributed by atoms with E-state index in [0.717, 1.165) is 27.1 Å². The van der Waals surface area contributed by atoms with Crippen molar-refractivity contribution in [2.75, 3.05) is 23.3 Å². The molecule has 11 heteroatoms. The van der Waals surface area contributed by atoms with E-state index in [4.69, 9.17) is 9.47 Å². The molecule has 0 unspecified atom stereocenters. The second-order valence-corrected chi connectivity index (χ2v) is 11.2. The first-order valence-electron chi connectivity index (χ1n) is 11.0. The molecule has 36 heavy (non-hydrogen) atoms. The van der Waals surface area contributed by atoms with Crippen LogP contribution in [0.2, 0.25) is 0 Å². The van der Waals surface area contributed by atoms with Gasteiger partial charge in [0.1, 0.15) is 11.5 Å². The molecule has 9 nitrogen and oxygen atoms in total. The van der Waals surface area contributed by atoms with Crippen LogP contribution in [0.5, 0.6) is 11.5 Å². The van der Waals surface area contributed by atoms with Gasteiger partial charge in [0.05, 0.1) is 34.5 Å². The van der Waals surface area contributed by atoms with E-state index in [1.165, 1.54) is 28.1 Å². The van der Waals surface area contributed by atoms with Crippen molar-refractivity contribution in [2.24, 2.45) is 7.05 Å². The van der Waals surface area contributed by atoms with Gasteiger partial charge < -0.3 is 19.4 Å². The number of carbonyl (C=O) groups is 1. The summed E-state index contributed by atoms with van der Waals surface area (Å²) in [4.78, 5) is 25.1. The van der Waals surface area contributed by atoms with Crippen molar-refractivity contribution >= 4 is 48.9 Å². The van der Waals surface area contributed by atoms with Gasteiger partial charge in [0.15, 0.2) is 6.10 Å². The summed E-state index contributed by atoms with van der Waals surface area (Å²) in [6, 6.07) is 16.4. The Morgan fingerprint density at radius 1 is 1.11 bits per heavy atom. The highest BCUT2D eigenvalue weighted by Crippen LogP contribution is 2.38. The number of anilines is 2. The van der Waals surface area contributed by atoms with Gasteiger partial charge in [-0.25, -0.2) is 8.42 Å². The third-order valence-corrected chi connectivity index (χ3v) is 8.77. The lowest BCUT2D eigenvalue weighted by Gasteiger charge is -2.35. The molecule has 0 radical (unpaired) electrons. The third-order valence-electron chi connectivity index (χ3n) is 5.98.